The second kappa shape index (κ2) is 10.7. The van der Waals surface area contributed by atoms with E-state index in [1.807, 2.05) is 6.08 Å². The Balaban J connectivity index is 2.77. The highest BCUT2D eigenvalue weighted by Crippen LogP contribution is 1.98. The molecule has 0 aromatic rings. The van der Waals surface area contributed by atoms with Gasteiger partial charge in [-0.1, -0.05) is 12.5 Å². The molecule has 0 saturated heterocycles. The summed E-state index contributed by atoms with van der Waals surface area (Å²) in [4.78, 5) is 0. The molecule has 0 rings (SSSR count). The predicted octanol–water partition coefficient (Wildman–Crippen LogP) is 1.97. The van der Waals surface area contributed by atoms with Crippen LogP contribution in [0.15, 0.2) is 12.7 Å². The number of rotatable bonds is 9. The second-order valence-corrected chi connectivity index (χ2v) is 2.88. The van der Waals surface area contributed by atoms with Crippen molar-refractivity contribution in [2.75, 3.05) is 26.8 Å². The summed E-state index contributed by atoms with van der Waals surface area (Å²) in [5, 5.41) is 3.31. The minimum Gasteiger partial charge on any atom is -0.383 e. The van der Waals surface area contributed by atoms with Crippen molar-refractivity contribution in [3.8, 4) is 0 Å². The Bertz CT molecular complexity index is 93.8. The van der Waals surface area contributed by atoms with E-state index >= 15 is 0 Å². The van der Waals surface area contributed by atoms with Gasteiger partial charge in [0.2, 0.25) is 0 Å². The Morgan fingerprint density at radius 2 is 2.08 bits per heavy atom. The van der Waals surface area contributed by atoms with E-state index < -0.39 is 0 Å². The van der Waals surface area contributed by atoms with Gasteiger partial charge in [0.05, 0.1) is 6.61 Å². The van der Waals surface area contributed by atoms with E-state index in [2.05, 4.69) is 11.9 Å². The molecule has 0 aliphatic carbocycles. The Morgan fingerprint density at radius 1 is 1.25 bits per heavy atom. The molecule has 0 fully saturated rings. The summed E-state index contributed by atoms with van der Waals surface area (Å²) in [6.07, 6.45) is 6.97. The van der Waals surface area contributed by atoms with Gasteiger partial charge in [-0.05, 0) is 25.8 Å². The zero-order valence-corrected chi connectivity index (χ0v) is 8.14. The van der Waals surface area contributed by atoms with Crippen LogP contribution in [0.5, 0.6) is 0 Å². The minimum absolute atomic E-state index is 0.812. The SMILES string of the molecule is C=CCCCCCNCCOC. The molecule has 72 valence electrons. The van der Waals surface area contributed by atoms with Crippen LogP contribution in [0.1, 0.15) is 25.7 Å². The highest BCUT2D eigenvalue weighted by Gasteiger charge is 1.87. The van der Waals surface area contributed by atoms with Crippen LogP contribution in [-0.4, -0.2) is 26.8 Å². The summed E-state index contributed by atoms with van der Waals surface area (Å²) in [5.74, 6) is 0. The van der Waals surface area contributed by atoms with Crippen molar-refractivity contribution in [1.29, 1.82) is 0 Å². The van der Waals surface area contributed by atoms with Crippen LogP contribution in [0.2, 0.25) is 0 Å². The summed E-state index contributed by atoms with van der Waals surface area (Å²) in [5.41, 5.74) is 0. The lowest BCUT2D eigenvalue weighted by atomic mass is 10.2. The Morgan fingerprint density at radius 3 is 2.75 bits per heavy atom. The quantitative estimate of drug-likeness (QED) is 0.423. The molecule has 0 atom stereocenters. The van der Waals surface area contributed by atoms with Crippen LogP contribution >= 0.6 is 0 Å². The number of allylic oxidation sites excluding steroid dienone is 1. The molecule has 1 N–H and O–H groups in total. The molecule has 0 aliphatic heterocycles. The van der Waals surface area contributed by atoms with E-state index in [1.165, 1.54) is 19.3 Å². The van der Waals surface area contributed by atoms with Crippen molar-refractivity contribution in [1.82, 2.24) is 5.32 Å². The van der Waals surface area contributed by atoms with Gasteiger partial charge in [0.25, 0.3) is 0 Å². The molecule has 0 heterocycles. The fraction of sp³-hybridized carbons (Fsp3) is 0.800. The van der Waals surface area contributed by atoms with Gasteiger partial charge in [0.15, 0.2) is 0 Å². The summed E-state index contributed by atoms with van der Waals surface area (Å²) < 4.78 is 4.91. The van der Waals surface area contributed by atoms with Crippen LogP contribution in [0.4, 0.5) is 0 Å². The van der Waals surface area contributed by atoms with Gasteiger partial charge in [-0.3, -0.25) is 0 Å². The molecule has 0 aromatic carbocycles. The maximum absolute atomic E-state index is 4.91. The van der Waals surface area contributed by atoms with Crippen molar-refractivity contribution in [2.24, 2.45) is 0 Å². The Kier molecular flexibility index (Phi) is 10.4. The maximum Gasteiger partial charge on any atom is 0.0587 e. The molecule has 12 heavy (non-hydrogen) atoms. The molecule has 0 spiro atoms. The zero-order chi connectivity index (χ0) is 9.07. The van der Waals surface area contributed by atoms with Gasteiger partial charge in [-0.2, -0.15) is 0 Å². The number of hydrogen-bond donors (Lipinski definition) is 1. The summed E-state index contributed by atoms with van der Waals surface area (Å²) >= 11 is 0. The fourth-order valence-electron chi connectivity index (χ4n) is 1.01. The average Bonchev–Trinajstić information content (AvgIpc) is 2.10. The number of nitrogens with one attached hydrogen (secondary N) is 1. The lowest BCUT2D eigenvalue weighted by Crippen LogP contribution is -2.20. The van der Waals surface area contributed by atoms with E-state index in [-0.39, 0.29) is 0 Å². The first-order valence-electron chi connectivity index (χ1n) is 4.72. The van der Waals surface area contributed by atoms with E-state index in [4.69, 9.17) is 4.74 Å². The lowest BCUT2D eigenvalue weighted by molar-refractivity contribution is 0.199. The first-order chi connectivity index (χ1) is 5.91. The van der Waals surface area contributed by atoms with Crippen LogP contribution in [0.25, 0.3) is 0 Å². The summed E-state index contributed by atoms with van der Waals surface area (Å²) in [7, 11) is 1.73. The third-order valence-electron chi connectivity index (χ3n) is 1.74. The van der Waals surface area contributed by atoms with Crippen LogP contribution in [0, 0.1) is 0 Å². The van der Waals surface area contributed by atoms with Crippen molar-refractivity contribution in [3.05, 3.63) is 12.7 Å². The van der Waals surface area contributed by atoms with Crippen LogP contribution < -0.4 is 5.32 Å². The highest BCUT2D eigenvalue weighted by atomic mass is 16.5. The van der Waals surface area contributed by atoms with Gasteiger partial charge in [0.1, 0.15) is 0 Å². The standard InChI is InChI=1S/C10H21NO/c1-3-4-5-6-7-8-11-9-10-12-2/h3,11H,1,4-10H2,2H3. The van der Waals surface area contributed by atoms with E-state index in [0.717, 1.165) is 26.1 Å². The summed E-state index contributed by atoms with van der Waals surface area (Å²) in [6, 6.07) is 0. The fourth-order valence-corrected chi connectivity index (χ4v) is 1.01. The molecule has 0 aromatic heterocycles. The molecule has 0 radical (unpaired) electrons. The number of methoxy groups -OCH3 is 1. The Hall–Kier alpha value is -0.340. The van der Waals surface area contributed by atoms with Crippen molar-refractivity contribution >= 4 is 0 Å². The van der Waals surface area contributed by atoms with Gasteiger partial charge in [-0.15, -0.1) is 6.58 Å². The predicted molar refractivity (Wildman–Crippen MR) is 53.4 cm³/mol. The van der Waals surface area contributed by atoms with Crippen LogP contribution in [0.3, 0.4) is 0 Å². The molecule has 0 amide bonds. The average molecular weight is 171 g/mol. The van der Waals surface area contributed by atoms with Gasteiger partial charge >= 0.3 is 0 Å². The first kappa shape index (κ1) is 11.7. The number of ether oxygens (including phenoxy) is 1. The topological polar surface area (TPSA) is 21.3 Å². The molecule has 2 nitrogen and oxygen atoms in total. The van der Waals surface area contributed by atoms with E-state index in [1.54, 1.807) is 7.11 Å². The van der Waals surface area contributed by atoms with Gasteiger partial charge in [0, 0.05) is 13.7 Å². The van der Waals surface area contributed by atoms with Crippen LogP contribution in [-0.2, 0) is 4.74 Å². The smallest absolute Gasteiger partial charge is 0.0587 e. The van der Waals surface area contributed by atoms with Crippen molar-refractivity contribution in [2.45, 2.75) is 25.7 Å². The molecular weight excluding hydrogens is 150 g/mol. The molecule has 0 bridgehead atoms. The molecule has 0 saturated carbocycles. The molecule has 2 heteroatoms. The first-order valence-corrected chi connectivity index (χ1v) is 4.72. The molecule has 0 unspecified atom stereocenters. The van der Waals surface area contributed by atoms with Gasteiger partial charge < -0.3 is 10.1 Å². The highest BCUT2D eigenvalue weighted by molar-refractivity contribution is 4.65. The third kappa shape index (κ3) is 9.66. The van der Waals surface area contributed by atoms with E-state index in [9.17, 15) is 0 Å². The third-order valence-corrected chi connectivity index (χ3v) is 1.74. The monoisotopic (exact) mass is 171 g/mol. The normalized spacial score (nSPS) is 10.1. The Labute approximate surface area is 76.0 Å². The molecular formula is C10H21NO. The van der Waals surface area contributed by atoms with Crippen molar-refractivity contribution in [3.63, 3.8) is 0 Å². The second-order valence-electron chi connectivity index (χ2n) is 2.88. The largest absolute Gasteiger partial charge is 0.383 e. The van der Waals surface area contributed by atoms with Gasteiger partial charge in [-0.25, -0.2) is 0 Å². The van der Waals surface area contributed by atoms with E-state index in [0.29, 0.717) is 0 Å². The maximum atomic E-state index is 4.91. The molecule has 0 aliphatic rings. The number of hydrogen-bond acceptors (Lipinski definition) is 2. The minimum atomic E-state index is 0.812. The zero-order valence-electron chi connectivity index (χ0n) is 8.14. The number of unbranched alkanes of at least 4 members (excludes halogenated alkanes) is 3. The summed E-state index contributed by atoms with van der Waals surface area (Å²) in [6.45, 7) is 6.58. The lowest BCUT2D eigenvalue weighted by Gasteiger charge is -2.02. The van der Waals surface area contributed by atoms with Crippen molar-refractivity contribution < 1.29 is 4.74 Å².